The largest absolute Gasteiger partial charge is 0.465 e. The molecule has 3 rings (SSSR count). The van der Waals surface area contributed by atoms with Crippen LogP contribution in [0.2, 0.25) is 0 Å². The van der Waals surface area contributed by atoms with E-state index in [0.717, 1.165) is 0 Å². The van der Waals surface area contributed by atoms with Gasteiger partial charge >= 0.3 is 6.09 Å². The van der Waals surface area contributed by atoms with Crippen molar-refractivity contribution in [2.75, 3.05) is 11.9 Å². The fourth-order valence-electron chi connectivity index (χ4n) is 2.74. The predicted octanol–water partition coefficient (Wildman–Crippen LogP) is 2.44. The van der Waals surface area contributed by atoms with Crippen LogP contribution in [-0.4, -0.2) is 43.2 Å². The van der Waals surface area contributed by atoms with Crippen molar-refractivity contribution < 1.29 is 19.8 Å². The SMILES string of the molecule is C[C@@H](O)c1cccc(NC(=O)c2nc(Br)n3c2CN(C(=O)O)CC3)c1. The molecule has 0 bridgehead atoms. The monoisotopic (exact) mass is 408 g/mol. The molecule has 2 aromatic rings. The van der Waals surface area contributed by atoms with Gasteiger partial charge in [0.25, 0.3) is 5.91 Å². The Morgan fingerprint density at radius 2 is 2.12 bits per heavy atom. The van der Waals surface area contributed by atoms with E-state index in [1.54, 1.807) is 35.8 Å². The summed E-state index contributed by atoms with van der Waals surface area (Å²) in [6.45, 7) is 2.52. The fraction of sp³-hybridized carbons (Fsp3) is 0.312. The molecule has 2 heterocycles. The van der Waals surface area contributed by atoms with Crippen molar-refractivity contribution in [1.29, 1.82) is 0 Å². The fourth-order valence-corrected chi connectivity index (χ4v) is 3.30. The number of nitrogens with one attached hydrogen (secondary N) is 1. The van der Waals surface area contributed by atoms with Crippen LogP contribution in [0.3, 0.4) is 0 Å². The Bertz CT molecular complexity index is 834. The molecule has 25 heavy (non-hydrogen) atoms. The van der Waals surface area contributed by atoms with Gasteiger partial charge in [0.15, 0.2) is 10.4 Å². The van der Waals surface area contributed by atoms with E-state index in [1.165, 1.54) is 4.90 Å². The summed E-state index contributed by atoms with van der Waals surface area (Å²) < 4.78 is 2.29. The Hall–Kier alpha value is -2.39. The van der Waals surface area contributed by atoms with Crippen LogP contribution in [-0.2, 0) is 13.1 Å². The first-order valence-electron chi connectivity index (χ1n) is 7.69. The summed E-state index contributed by atoms with van der Waals surface area (Å²) >= 11 is 3.32. The minimum atomic E-state index is -1.03. The number of hydrogen-bond donors (Lipinski definition) is 3. The highest BCUT2D eigenvalue weighted by Crippen LogP contribution is 2.24. The molecular weight excluding hydrogens is 392 g/mol. The van der Waals surface area contributed by atoms with E-state index < -0.39 is 18.1 Å². The zero-order chi connectivity index (χ0) is 18.1. The minimum absolute atomic E-state index is 0.102. The van der Waals surface area contributed by atoms with Crippen LogP contribution in [0.25, 0.3) is 0 Å². The maximum Gasteiger partial charge on any atom is 0.407 e. The molecule has 0 saturated carbocycles. The van der Waals surface area contributed by atoms with E-state index in [9.17, 15) is 19.8 Å². The number of carbonyl (C=O) groups excluding carboxylic acids is 1. The van der Waals surface area contributed by atoms with E-state index >= 15 is 0 Å². The van der Waals surface area contributed by atoms with Crippen LogP contribution in [0.1, 0.15) is 34.8 Å². The molecule has 1 aromatic heterocycles. The van der Waals surface area contributed by atoms with Crippen LogP contribution in [0.5, 0.6) is 0 Å². The average Bonchev–Trinajstić information content (AvgIpc) is 2.91. The summed E-state index contributed by atoms with van der Waals surface area (Å²) in [4.78, 5) is 29.3. The lowest BCUT2D eigenvalue weighted by molar-refractivity contribution is 0.101. The molecule has 0 radical (unpaired) electrons. The molecule has 0 aliphatic carbocycles. The number of halogens is 1. The van der Waals surface area contributed by atoms with Gasteiger partial charge in [0.1, 0.15) is 0 Å². The van der Waals surface area contributed by atoms with Gasteiger partial charge in [-0.25, -0.2) is 9.78 Å². The Labute approximate surface area is 152 Å². The van der Waals surface area contributed by atoms with Crippen molar-refractivity contribution in [1.82, 2.24) is 14.5 Å². The van der Waals surface area contributed by atoms with Crippen molar-refractivity contribution in [2.24, 2.45) is 0 Å². The highest BCUT2D eigenvalue weighted by atomic mass is 79.9. The third-order valence-electron chi connectivity index (χ3n) is 4.07. The van der Waals surface area contributed by atoms with E-state index in [4.69, 9.17) is 0 Å². The number of rotatable bonds is 3. The van der Waals surface area contributed by atoms with Gasteiger partial charge in [-0.05, 0) is 40.5 Å². The summed E-state index contributed by atoms with van der Waals surface area (Å²) in [6.07, 6.45) is -1.67. The van der Waals surface area contributed by atoms with Crippen molar-refractivity contribution in [3.8, 4) is 0 Å². The summed E-state index contributed by atoms with van der Waals surface area (Å²) in [5.41, 5.74) is 1.94. The molecule has 0 spiro atoms. The highest BCUT2D eigenvalue weighted by molar-refractivity contribution is 9.10. The summed E-state index contributed by atoms with van der Waals surface area (Å²) in [7, 11) is 0. The van der Waals surface area contributed by atoms with Crippen LogP contribution < -0.4 is 5.32 Å². The maximum atomic E-state index is 12.6. The average molecular weight is 409 g/mol. The number of hydrogen-bond acceptors (Lipinski definition) is 4. The summed E-state index contributed by atoms with van der Waals surface area (Å²) in [5, 5.41) is 21.6. The van der Waals surface area contributed by atoms with Crippen molar-refractivity contribution >= 4 is 33.6 Å². The lowest BCUT2D eigenvalue weighted by Gasteiger charge is -2.26. The van der Waals surface area contributed by atoms with Crippen LogP contribution in [0, 0.1) is 0 Å². The predicted molar refractivity (Wildman–Crippen MR) is 93.4 cm³/mol. The second-order valence-corrected chi connectivity index (χ2v) is 6.50. The van der Waals surface area contributed by atoms with Gasteiger partial charge < -0.3 is 25.0 Å². The van der Waals surface area contributed by atoms with Gasteiger partial charge in [0.05, 0.1) is 18.3 Å². The second kappa shape index (κ2) is 6.85. The van der Waals surface area contributed by atoms with Gasteiger partial charge in [0, 0.05) is 18.8 Å². The van der Waals surface area contributed by atoms with E-state index in [0.29, 0.717) is 34.8 Å². The Morgan fingerprint density at radius 1 is 1.36 bits per heavy atom. The molecule has 1 atom stereocenters. The molecule has 3 N–H and O–H groups in total. The summed E-state index contributed by atoms with van der Waals surface area (Å²) in [5.74, 6) is -0.426. The lowest BCUT2D eigenvalue weighted by Crippen LogP contribution is -2.38. The van der Waals surface area contributed by atoms with Gasteiger partial charge in [-0.2, -0.15) is 0 Å². The normalized spacial score (nSPS) is 14.8. The summed E-state index contributed by atoms with van der Waals surface area (Å²) in [6, 6.07) is 6.90. The number of nitrogens with zero attached hydrogens (tertiary/aromatic N) is 3. The number of carbonyl (C=O) groups is 2. The Balaban J connectivity index is 1.86. The van der Waals surface area contributed by atoms with Gasteiger partial charge in [-0.1, -0.05) is 12.1 Å². The molecule has 1 aliphatic heterocycles. The molecule has 0 saturated heterocycles. The molecule has 1 aromatic carbocycles. The van der Waals surface area contributed by atoms with Gasteiger partial charge in [-0.15, -0.1) is 0 Å². The second-order valence-electron chi connectivity index (χ2n) is 5.79. The zero-order valence-corrected chi connectivity index (χ0v) is 15.0. The molecule has 9 heteroatoms. The molecule has 0 fully saturated rings. The first-order chi connectivity index (χ1) is 11.9. The third-order valence-corrected chi connectivity index (χ3v) is 4.68. The quantitative estimate of drug-likeness (QED) is 0.722. The van der Waals surface area contributed by atoms with Crippen molar-refractivity contribution in [3.63, 3.8) is 0 Å². The Kier molecular flexibility index (Phi) is 4.78. The first kappa shape index (κ1) is 17.4. The van der Waals surface area contributed by atoms with E-state index in [-0.39, 0.29) is 12.2 Å². The molecule has 1 aliphatic rings. The number of imidazole rings is 1. The molecule has 132 valence electrons. The van der Waals surface area contributed by atoms with Crippen LogP contribution in [0.4, 0.5) is 10.5 Å². The number of amides is 2. The number of carboxylic acid groups (broad SMARTS) is 1. The van der Waals surface area contributed by atoms with Crippen LogP contribution in [0.15, 0.2) is 29.0 Å². The van der Waals surface area contributed by atoms with Crippen molar-refractivity contribution in [3.05, 3.63) is 46.0 Å². The number of fused-ring (bicyclic) bond motifs is 1. The maximum absolute atomic E-state index is 12.6. The number of benzene rings is 1. The molecule has 2 amide bonds. The van der Waals surface area contributed by atoms with Crippen LogP contribution >= 0.6 is 15.9 Å². The first-order valence-corrected chi connectivity index (χ1v) is 8.48. The highest BCUT2D eigenvalue weighted by Gasteiger charge is 2.28. The molecule has 0 unspecified atom stereocenters. The smallest absolute Gasteiger partial charge is 0.407 e. The standard InChI is InChI=1S/C16H17BrN4O4/c1-9(22)10-3-2-4-11(7-10)18-14(23)13-12-8-20(16(24)25)5-6-21(12)15(17)19-13/h2-4,7,9,22H,5-6,8H2,1H3,(H,18,23)(H,24,25)/t9-/m1/s1. The third kappa shape index (κ3) is 3.52. The van der Waals surface area contributed by atoms with E-state index in [2.05, 4.69) is 26.2 Å². The number of aliphatic hydroxyl groups excluding tert-OH is 1. The minimum Gasteiger partial charge on any atom is -0.465 e. The lowest BCUT2D eigenvalue weighted by atomic mass is 10.1. The zero-order valence-electron chi connectivity index (χ0n) is 13.4. The Morgan fingerprint density at radius 3 is 2.80 bits per heavy atom. The number of anilines is 1. The molecule has 8 nitrogen and oxygen atoms in total. The molecular formula is C16H17BrN4O4. The number of aromatic nitrogens is 2. The van der Waals surface area contributed by atoms with E-state index in [1.807, 2.05) is 0 Å². The van der Waals surface area contributed by atoms with Crippen molar-refractivity contribution in [2.45, 2.75) is 26.1 Å². The van der Waals surface area contributed by atoms with Gasteiger partial charge in [0.2, 0.25) is 0 Å². The topological polar surface area (TPSA) is 108 Å². The number of aliphatic hydroxyl groups is 1. The van der Waals surface area contributed by atoms with Gasteiger partial charge in [-0.3, -0.25) is 4.79 Å².